The zero-order chi connectivity index (χ0) is 12.8. The third-order valence-electron chi connectivity index (χ3n) is 2.47. The molecule has 6 heteroatoms. The van der Waals surface area contributed by atoms with Gasteiger partial charge in [0.05, 0.1) is 5.01 Å². The molecule has 1 heterocycles. The topological polar surface area (TPSA) is 79.3 Å². The smallest absolute Gasteiger partial charge is 0.355 e. The lowest BCUT2D eigenvalue weighted by atomic mass is 10.1. The average Bonchev–Trinajstić information content (AvgIpc) is 2.76. The molecule has 0 aliphatic rings. The fourth-order valence-electron chi connectivity index (χ4n) is 1.18. The van der Waals surface area contributed by atoms with Gasteiger partial charge in [-0.15, -0.1) is 11.3 Å². The molecule has 1 atom stereocenters. The minimum Gasteiger partial charge on any atom is -0.476 e. The molecule has 0 saturated carbocycles. The Balaban J connectivity index is 2.35. The third kappa shape index (κ3) is 4.14. The Labute approximate surface area is 104 Å². The lowest BCUT2D eigenvalue weighted by Gasteiger charge is -2.08. The van der Waals surface area contributed by atoms with Crippen LogP contribution in [0.2, 0.25) is 0 Å². The van der Waals surface area contributed by atoms with Crippen molar-refractivity contribution in [2.45, 2.75) is 26.7 Å². The van der Waals surface area contributed by atoms with E-state index in [0.717, 1.165) is 11.4 Å². The maximum absolute atomic E-state index is 11.5. The van der Waals surface area contributed by atoms with E-state index in [1.807, 2.05) is 13.8 Å². The Morgan fingerprint density at radius 1 is 1.59 bits per heavy atom. The van der Waals surface area contributed by atoms with E-state index in [0.29, 0.717) is 13.0 Å². The van der Waals surface area contributed by atoms with Gasteiger partial charge in [-0.25, -0.2) is 9.78 Å². The molecule has 0 bridgehead atoms. The summed E-state index contributed by atoms with van der Waals surface area (Å²) in [6.07, 6.45) is 1.38. The molecule has 17 heavy (non-hydrogen) atoms. The van der Waals surface area contributed by atoms with Crippen molar-refractivity contribution in [1.29, 1.82) is 0 Å². The minimum absolute atomic E-state index is 0.0147. The van der Waals surface area contributed by atoms with Gasteiger partial charge in [0.1, 0.15) is 0 Å². The van der Waals surface area contributed by atoms with Gasteiger partial charge in [-0.2, -0.15) is 0 Å². The van der Waals surface area contributed by atoms with Crippen molar-refractivity contribution >= 4 is 23.2 Å². The lowest BCUT2D eigenvalue weighted by molar-refractivity contribution is -0.124. The summed E-state index contributed by atoms with van der Waals surface area (Å²) >= 11 is 1.30. The fourth-order valence-corrected chi connectivity index (χ4v) is 1.95. The molecule has 0 saturated heterocycles. The Morgan fingerprint density at radius 2 is 2.29 bits per heavy atom. The van der Waals surface area contributed by atoms with Gasteiger partial charge in [0.25, 0.3) is 0 Å². The first-order chi connectivity index (χ1) is 8.04. The summed E-state index contributed by atoms with van der Waals surface area (Å²) in [5.74, 6) is -0.973. The van der Waals surface area contributed by atoms with E-state index in [1.165, 1.54) is 16.7 Å². The maximum Gasteiger partial charge on any atom is 0.355 e. The summed E-state index contributed by atoms with van der Waals surface area (Å²) in [7, 11) is 0. The zero-order valence-electron chi connectivity index (χ0n) is 9.90. The van der Waals surface area contributed by atoms with Crippen LogP contribution in [0, 0.1) is 5.92 Å². The Morgan fingerprint density at radius 3 is 2.82 bits per heavy atom. The highest BCUT2D eigenvalue weighted by molar-refractivity contribution is 7.09. The number of carboxylic acid groups (broad SMARTS) is 1. The van der Waals surface area contributed by atoms with E-state index in [-0.39, 0.29) is 17.5 Å². The predicted octanol–water partition coefficient (Wildman–Crippen LogP) is 1.55. The summed E-state index contributed by atoms with van der Waals surface area (Å²) in [6, 6.07) is 0. The van der Waals surface area contributed by atoms with Gasteiger partial charge in [0, 0.05) is 24.3 Å². The van der Waals surface area contributed by atoms with Crippen molar-refractivity contribution in [3.8, 4) is 0 Å². The molecule has 1 aromatic heterocycles. The summed E-state index contributed by atoms with van der Waals surface area (Å²) in [5.41, 5.74) is 0.0678. The zero-order valence-corrected chi connectivity index (χ0v) is 10.7. The van der Waals surface area contributed by atoms with Gasteiger partial charge in [-0.3, -0.25) is 4.79 Å². The van der Waals surface area contributed by atoms with Crippen LogP contribution in [0.3, 0.4) is 0 Å². The fraction of sp³-hybridized carbons (Fsp3) is 0.545. The van der Waals surface area contributed by atoms with Crippen molar-refractivity contribution in [2.75, 3.05) is 6.54 Å². The van der Waals surface area contributed by atoms with Crippen LogP contribution in [-0.2, 0) is 11.2 Å². The first-order valence-electron chi connectivity index (χ1n) is 5.50. The number of aromatic carboxylic acids is 1. The molecule has 0 fully saturated rings. The predicted molar refractivity (Wildman–Crippen MR) is 65.2 cm³/mol. The monoisotopic (exact) mass is 256 g/mol. The molecule has 1 aromatic rings. The summed E-state index contributed by atoms with van der Waals surface area (Å²) in [4.78, 5) is 26.0. The number of carbonyl (C=O) groups excluding carboxylic acids is 1. The highest BCUT2D eigenvalue weighted by Gasteiger charge is 2.11. The van der Waals surface area contributed by atoms with Crippen LogP contribution < -0.4 is 5.32 Å². The van der Waals surface area contributed by atoms with Crippen molar-refractivity contribution in [2.24, 2.45) is 5.92 Å². The number of rotatable bonds is 6. The number of carbonyl (C=O) groups is 2. The average molecular weight is 256 g/mol. The van der Waals surface area contributed by atoms with E-state index in [1.54, 1.807) is 0 Å². The molecule has 1 unspecified atom stereocenters. The van der Waals surface area contributed by atoms with Crippen LogP contribution in [0.4, 0.5) is 0 Å². The van der Waals surface area contributed by atoms with Gasteiger partial charge in [-0.1, -0.05) is 13.8 Å². The third-order valence-corrected chi connectivity index (χ3v) is 3.38. The van der Waals surface area contributed by atoms with Gasteiger partial charge in [0.2, 0.25) is 5.91 Å². The molecule has 1 rings (SSSR count). The Bertz CT molecular complexity index is 403. The molecule has 0 spiro atoms. The van der Waals surface area contributed by atoms with Crippen LogP contribution in [0.15, 0.2) is 5.38 Å². The van der Waals surface area contributed by atoms with E-state index in [9.17, 15) is 9.59 Å². The lowest BCUT2D eigenvalue weighted by Crippen LogP contribution is -2.30. The van der Waals surface area contributed by atoms with E-state index in [2.05, 4.69) is 10.3 Å². The highest BCUT2D eigenvalue weighted by Crippen LogP contribution is 2.10. The Kier molecular flexibility index (Phi) is 5.09. The number of carboxylic acids is 1. The van der Waals surface area contributed by atoms with E-state index >= 15 is 0 Å². The van der Waals surface area contributed by atoms with Gasteiger partial charge in [0.15, 0.2) is 5.69 Å². The van der Waals surface area contributed by atoms with Crippen LogP contribution >= 0.6 is 11.3 Å². The van der Waals surface area contributed by atoms with Crippen LogP contribution in [-0.4, -0.2) is 28.5 Å². The first kappa shape index (κ1) is 13.6. The second-order valence-electron chi connectivity index (χ2n) is 3.78. The number of nitrogens with zero attached hydrogens (tertiary/aromatic N) is 1. The highest BCUT2D eigenvalue weighted by atomic mass is 32.1. The van der Waals surface area contributed by atoms with Crippen molar-refractivity contribution in [1.82, 2.24) is 10.3 Å². The molecule has 0 aliphatic heterocycles. The van der Waals surface area contributed by atoms with Crippen LogP contribution in [0.5, 0.6) is 0 Å². The molecule has 1 amide bonds. The number of aromatic nitrogens is 1. The maximum atomic E-state index is 11.5. The SMILES string of the molecule is CCC(C)C(=O)NCCc1nc(C(=O)O)cs1. The van der Waals surface area contributed by atoms with Crippen LogP contribution in [0.25, 0.3) is 0 Å². The van der Waals surface area contributed by atoms with Gasteiger partial charge >= 0.3 is 5.97 Å². The molecular weight excluding hydrogens is 240 g/mol. The Hall–Kier alpha value is -1.43. The molecule has 0 aromatic carbocycles. The normalized spacial score (nSPS) is 12.1. The second kappa shape index (κ2) is 6.34. The second-order valence-corrected chi connectivity index (χ2v) is 4.72. The van der Waals surface area contributed by atoms with Crippen molar-refractivity contribution in [3.05, 3.63) is 16.1 Å². The van der Waals surface area contributed by atoms with E-state index < -0.39 is 5.97 Å². The number of nitrogens with one attached hydrogen (secondary N) is 1. The minimum atomic E-state index is -1.02. The number of thiazole rings is 1. The molecular formula is C11H16N2O3S. The molecule has 2 N–H and O–H groups in total. The largest absolute Gasteiger partial charge is 0.476 e. The first-order valence-corrected chi connectivity index (χ1v) is 6.38. The molecule has 0 aliphatic carbocycles. The number of hydrogen-bond acceptors (Lipinski definition) is 4. The van der Waals surface area contributed by atoms with Crippen molar-refractivity contribution < 1.29 is 14.7 Å². The van der Waals surface area contributed by atoms with Crippen molar-refractivity contribution in [3.63, 3.8) is 0 Å². The quantitative estimate of drug-likeness (QED) is 0.809. The van der Waals surface area contributed by atoms with E-state index in [4.69, 9.17) is 5.11 Å². The standard InChI is InChI=1S/C11H16N2O3S/c1-3-7(2)10(14)12-5-4-9-13-8(6-17-9)11(15)16/h6-7H,3-5H2,1-2H3,(H,12,14)(H,15,16). The number of amides is 1. The summed E-state index contributed by atoms with van der Waals surface area (Å²) in [5, 5.41) is 13.7. The van der Waals surface area contributed by atoms with Crippen LogP contribution in [0.1, 0.15) is 35.8 Å². The van der Waals surface area contributed by atoms with Gasteiger partial charge < -0.3 is 10.4 Å². The number of hydrogen-bond donors (Lipinski definition) is 2. The van der Waals surface area contributed by atoms with Gasteiger partial charge in [-0.05, 0) is 6.42 Å². The molecule has 94 valence electrons. The molecule has 5 nitrogen and oxygen atoms in total. The summed E-state index contributed by atoms with van der Waals surface area (Å²) < 4.78 is 0. The molecule has 0 radical (unpaired) electrons. The summed E-state index contributed by atoms with van der Waals surface area (Å²) in [6.45, 7) is 4.33.